The van der Waals surface area contributed by atoms with Crippen molar-refractivity contribution in [2.45, 2.75) is 26.2 Å². The molecule has 0 saturated carbocycles. The molecule has 0 spiro atoms. The van der Waals surface area contributed by atoms with Gasteiger partial charge in [0.15, 0.2) is 0 Å². The summed E-state index contributed by atoms with van der Waals surface area (Å²) in [5.74, 6) is 0. The van der Waals surface area contributed by atoms with Crippen molar-refractivity contribution in [3.05, 3.63) is 30.3 Å². The molecule has 1 heterocycles. The minimum absolute atomic E-state index is 1.16. The van der Waals surface area contributed by atoms with E-state index in [2.05, 4.69) is 34.9 Å². The highest BCUT2D eigenvalue weighted by Gasteiger charge is 2.16. The molecule has 1 fully saturated rings. The predicted octanol–water partition coefficient (Wildman–Crippen LogP) is 2.80. The fourth-order valence-corrected chi connectivity index (χ4v) is 2.40. The maximum absolute atomic E-state index is 3.08. The first-order chi connectivity index (χ1) is 8.40. The Morgan fingerprint density at radius 2 is 1.76 bits per heavy atom. The summed E-state index contributed by atoms with van der Waals surface area (Å²) in [5, 5.41) is 0. The van der Waals surface area contributed by atoms with Crippen molar-refractivity contribution >= 4 is 5.69 Å². The van der Waals surface area contributed by atoms with E-state index >= 15 is 0 Å². The number of anilines is 1. The Kier molecular flexibility index (Phi) is 4.87. The van der Waals surface area contributed by atoms with Crippen LogP contribution in [0.25, 0.3) is 0 Å². The van der Waals surface area contributed by atoms with Gasteiger partial charge in [-0.25, -0.2) is 0 Å². The summed E-state index contributed by atoms with van der Waals surface area (Å²) in [5.41, 5.74) is 1.34. The van der Waals surface area contributed by atoms with Crippen molar-refractivity contribution in [3.63, 3.8) is 0 Å². The number of piperazine rings is 1. The van der Waals surface area contributed by atoms with E-state index < -0.39 is 0 Å². The number of benzene rings is 1. The van der Waals surface area contributed by atoms with Crippen LogP contribution < -0.4 is 4.90 Å². The molecule has 2 rings (SSSR count). The zero-order chi connectivity index (χ0) is 11.9. The van der Waals surface area contributed by atoms with Gasteiger partial charge in [-0.15, -0.1) is 0 Å². The lowest BCUT2D eigenvalue weighted by Gasteiger charge is -2.36. The van der Waals surface area contributed by atoms with Crippen LogP contribution in [0.4, 0.5) is 5.69 Å². The average molecular weight is 231 g/mol. The summed E-state index contributed by atoms with van der Waals surface area (Å²) < 4.78 is 0. The molecule has 1 radical (unpaired) electrons. The molecule has 0 bridgehead atoms. The van der Waals surface area contributed by atoms with Gasteiger partial charge in [0, 0.05) is 31.9 Å². The van der Waals surface area contributed by atoms with Gasteiger partial charge >= 0.3 is 0 Å². The van der Waals surface area contributed by atoms with Gasteiger partial charge in [-0.05, 0) is 31.2 Å². The highest BCUT2D eigenvalue weighted by Crippen LogP contribution is 2.15. The second-order valence-electron chi connectivity index (χ2n) is 4.79. The Morgan fingerprint density at radius 3 is 2.41 bits per heavy atom. The fraction of sp³-hybridized carbons (Fsp3) is 0.600. The van der Waals surface area contributed by atoms with Gasteiger partial charge in [-0.3, -0.25) is 4.90 Å². The molecule has 0 atom stereocenters. The van der Waals surface area contributed by atoms with Crippen molar-refractivity contribution in [2.24, 2.45) is 0 Å². The first-order valence-electron chi connectivity index (χ1n) is 6.83. The molecule has 17 heavy (non-hydrogen) atoms. The third-order valence-corrected chi connectivity index (χ3v) is 3.52. The van der Waals surface area contributed by atoms with Crippen LogP contribution in [0.5, 0.6) is 0 Å². The smallest absolute Gasteiger partial charge is 0.0367 e. The highest BCUT2D eigenvalue weighted by atomic mass is 15.3. The van der Waals surface area contributed by atoms with Crippen LogP contribution in [0.15, 0.2) is 24.3 Å². The van der Waals surface area contributed by atoms with E-state index in [9.17, 15) is 0 Å². The summed E-state index contributed by atoms with van der Waals surface area (Å²) in [6.45, 7) is 8.30. The minimum atomic E-state index is 1.16. The van der Waals surface area contributed by atoms with Crippen LogP contribution in [-0.2, 0) is 0 Å². The average Bonchev–Trinajstić information content (AvgIpc) is 2.41. The summed E-state index contributed by atoms with van der Waals surface area (Å²) in [6.07, 6.45) is 4.05. The monoisotopic (exact) mass is 231 g/mol. The second kappa shape index (κ2) is 6.65. The van der Waals surface area contributed by atoms with Gasteiger partial charge in [-0.1, -0.05) is 31.9 Å². The topological polar surface area (TPSA) is 6.48 Å². The lowest BCUT2D eigenvalue weighted by Crippen LogP contribution is -2.46. The molecule has 0 amide bonds. The minimum Gasteiger partial charge on any atom is -0.369 e. The van der Waals surface area contributed by atoms with E-state index in [1.807, 2.05) is 12.1 Å². The predicted molar refractivity (Wildman–Crippen MR) is 73.5 cm³/mol. The van der Waals surface area contributed by atoms with Gasteiger partial charge < -0.3 is 4.90 Å². The molecule has 1 aliphatic rings. The zero-order valence-corrected chi connectivity index (χ0v) is 10.9. The second-order valence-corrected chi connectivity index (χ2v) is 4.79. The van der Waals surface area contributed by atoms with Crippen molar-refractivity contribution in [2.75, 3.05) is 37.6 Å². The Hall–Kier alpha value is -1.02. The fourth-order valence-electron chi connectivity index (χ4n) is 2.40. The summed E-state index contributed by atoms with van der Waals surface area (Å²) in [7, 11) is 0. The first-order valence-corrected chi connectivity index (χ1v) is 6.83. The van der Waals surface area contributed by atoms with Gasteiger partial charge in [0.2, 0.25) is 0 Å². The Balaban J connectivity index is 1.74. The molecule has 2 heteroatoms. The Morgan fingerprint density at radius 1 is 1.06 bits per heavy atom. The first kappa shape index (κ1) is 12.4. The SMILES string of the molecule is CCCCCN1CCN(c2cc[c]cc2)CC1. The molecule has 1 aromatic carbocycles. The number of rotatable bonds is 5. The van der Waals surface area contributed by atoms with Gasteiger partial charge in [0.05, 0.1) is 0 Å². The molecule has 93 valence electrons. The largest absolute Gasteiger partial charge is 0.369 e. The van der Waals surface area contributed by atoms with Crippen LogP contribution in [0.1, 0.15) is 26.2 Å². The van der Waals surface area contributed by atoms with E-state index in [1.165, 1.54) is 44.6 Å². The molecule has 1 aliphatic heterocycles. The van der Waals surface area contributed by atoms with Crippen molar-refractivity contribution in [1.82, 2.24) is 4.90 Å². The quantitative estimate of drug-likeness (QED) is 0.719. The molecule has 1 saturated heterocycles. The molecule has 0 aromatic heterocycles. The van der Waals surface area contributed by atoms with E-state index in [0.717, 1.165) is 13.1 Å². The Labute approximate surface area is 105 Å². The maximum Gasteiger partial charge on any atom is 0.0367 e. The molecule has 0 unspecified atom stereocenters. The number of hydrogen-bond acceptors (Lipinski definition) is 2. The summed E-state index contributed by atoms with van der Waals surface area (Å²) in [4.78, 5) is 5.07. The number of unbranched alkanes of at least 4 members (excludes halogenated alkanes) is 2. The van der Waals surface area contributed by atoms with Gasteiger partial charge in [-0.2, -0.15) is 0 Å². The third kappa shape index (κ3) is 3.74. The molecular weight excluding hydrogens is 208 g/mol. The number of nitrogens with zero attached hydrogens (tertiary/aromatic N) is 2. The van der Waals surface area contributed by atoms with Crippen molar-refractivity contribution < 1.29 is 0 Å². The van der Waals surface area contributed by atoms with Gasteiger partial charge in [0.25, 0.3) is 0 Å². The van der Waals surface area contributed by atoms with E-state index in [0.29, 0.717) is 0 Å². The molecule has 0 N–H and O–H groups in total. The lowest BCUT2D eigenvalue weighted by molar-refractivity contribution is 0.252. The lowest BCUT2D eigenvalue weighted by atomic mass is 10.2. The standard InChI is InChI=1S/C15H23N2/c1-2-3-7-10-16-11-13-17(14-12-16)15-8-5-4-6-9-15/h5-6,8-9H,2-3,7,10-14H2,1H3. The van der Waals surface area contributed by atoms with E-state index in [4.69, 9.17) is 0 Å². The highest BCUT2D eigenvalue weighted by molar-refractivity contribution is 5.46. The number of hydrogen-bond donors (Lipinski definition) is 0. The van der Waals surface area contributed by atoms with Crippen molar-refractivity contribution in [3.8, 4) is 0 Å². The molecule has 2 nitrogen and oxygen atoms in total. The van der Waals surface area contributed by atoms with Crippen LogP contribution in [-0.4, -0.2) is 37.6 Å². The van der Waals surface area contributed by atoms with Crippen LogP contribution in [0.2, 0.25) is 0 Å². The van der Waals surface area contributed by atoms with Gasteiger partial charge in [0.1, 0.15) is 0 Å². The molecule has 0 aliphatic carbocycles. The van der Waals surface area contributed by atoms with Crippen LogP contribution in [0.3, 0.4) is 0 Å². The van der Waals surface area contributed by atoms with Crippen LogP contribution >= 0.6 is 0 Å². The maximum atomic E-state index is 3.08. The third-order valence-electron chi connectivity index (χ3n) is 3.52. The Bertz CT molecular complexity index is 302. The zero-order valence-electron chi connectivity index (χ0n) is 10.9. The molecular formula is C15H23N2. The van der Waals surface area contributed by atoms with Crippen molar-refractivity contribution in [1.29, 1.82) is 0 Å². The van der Waals surface area contributed by atoms with E-state index in [1.54, 1.807) is 0 Å². The molecule has 1 aromatic rings. The normalized spacial score (nSPS) is 17.4. The summed E-state index contributed by atoms with van der Waals surface area (Å²) in [6, 6.07) is 11.4. The van der Waals surface area contributed by atoms with Crippen LogP contribution in [0, 0.1) is 6.07 Å². The van der Waals surface area contributed by atoms with E-state index in [-0.39, 0.29) is 0 Å². The summed E-state index contributed by atoms with van der Waals surface area (Å²) >= 11 is 0.